The maximum Gasteiger partial charge on any atom is 0.415 e. The summed E-state index contributed by atoms with van der Waals surface area (Å²) in [5.74, 6) is 2.91. The van der Waals surface area contributed by atoms with E-state index in [4.69, 9.17) is 83.1 Å². The molecule has 0 bridgehead atoms. The van der Waals surface area contributed by atoms with Gasteiger partial charge in [0.1, 0.15) is 13.0 Å². The molecule has 0 aliphatic carbocycles. The van der Waals surface area contributed by atoms with Crippen molar-refractivity contribution in [3.05, 3.63) is 0 Å². The number of halogens is 5. The minimum Gasteiger partial charge on any atom is -0.452 e. The second kappa shape index (κ2) is 32.7. The molecule has 3 heterocycles. The van der Waals surface area contributed by atoms with Gasteiger partial charge >= 0.3 is 20.9 Å². The van der Waals surface area contributed by atoms with Crippen LogP contribution in [-0.2, 0) is 28.0 Å². The van der Waals surface area contributed by atoms with Crippen molar-refractivity contribution < 1.29 is 42.4 Å². The third kappa shape index (κ3) is 31.2. The molecule has 2 amide bonds. The molecular weight excluding hydrogens is 859 g/mol. The SMILES string of the molecule is CCN(CC)CC.COC(=O)N1CCSC1=S.O=C(Cl)N1CCSC1=S.O=C(Cl)OC(Cl)(Cl)Cl.PP.S=C1NCCS1.[V]. The normalized spacial score (nSPS) is 14.8. The van der Waals surface area contributed by atoms with Crippen LogP contribution >= 0.6 is 148 Å². The van der Waals surface area contributed by atoms with Gasteiger partial charge in [-0.2, -0.15) is 0 Å². The number of ether oxygens (including phenoxy) is 2. The molecule has 23 heteroatoms. The monoisotopic (exact) mass is 891 g/mol. The minimum atomic E-state index is -2.04. The molecule has 251 valence electrons. The predicted molar refractivity (Wildman–Crippen MR) is 206 cm³/mol. The molecule has 1 radical (unpaired) electrons. The summed E-state index contributed by atoms with van der Waals surface area (Å²) in [5.41, 5.74) is -1.15. The number of rotatable bonds is 3. The number of methoxy groups -OCH3 is 1. The Morgan fingerprint density at radius 3 is 1.49 bits per heavy atom. The zero-order valence-corrected chi connectivity index (χ0v) is 36.1. The maximum absolute atomic E-state index is 10.8. The summed E-state index contributed by atoms with van der Waals surface area (Å²) in [6.07, 6.45) is -0.352. The molecule has 3 fully saturated rings. The van der Waals surface area contributed by atoms with Gasteiger partial charge in [0.05, 0.1) is 7.11 Å². The van der Waals surface area contributed by atoms with Gasteiger partial charge in [0, 0.05) is 67.0 Å². The molecular formula is C20H35Cl5N4O5P2S6V. The summed E-state index contributed by atoms with van der Waals surface area (Å²) in [6, 6.07) is 0. The van der Waals surface area contributed by atoms with Crippen LogP contribution < -0.4 is 5.32 Å². The first-order chi connectivity index (χ1) is 19.6. The van der Waals surface area contributed by atoms with Crippen LogP contribution in [0.2, 0.25) is 0 Å². The number of carbonyl (C=O) groups excluding carboxylic acids is 3. The standard InChI is InChI=1S/C6H15N.C5H7NO2S2.C4H4ClNOS2.C3H5NS2.C2Cl4O2.H4P2.V/c1-4-7(5-2)6-3;1-8-4(7)6-2-3-10-5(6)9;5-3(7)6-1-2-9-4(6)8;5-3-4-1-2-6-3;3-1(7)8-2(4,5)6;1-2;/h4-6H2,1-3H3;2-3H2,1H3;1-2H2;1-2H2,(H,4,5);;1-2H2;. The first-order valence-corrected chi connectivity index (χ1v) is 20.4. The zero-order valence-electron chi connectivity index (χ0n) is 23.7. The third-order valence-electron chi connectivity index (χ3n) is 4.27. The summed E-state index contributed by atoms with van der Waals surface area (Å²) in [4.78, 5) is 36.2. The number of hydrogen-bond donors (Lipinski definition) is 1. The predicted octanol–water partition coefficient (Wildman–Crippen LogP) is 8.06. The summed E-state index contributed by atoms with van der Waals surface area (Å²) in [5, 5.41) is 2.55. The number of hydrogen-bond acceptors (Lipinski definition) is 12. The number of amides is 2. The van der Waals surface area contributed by atoms with Gasteiger partial charge in [-0.3, -0.25) is 14.6 Å². The van der Waals surface area contributed by atoms with Crippen LogP contribution in [0, 0.1) is 0 Å². The maximum atomic E-state index is 10.8. The molecule has 0 aromatic rings. The zero-order chi connectivity index (χ0) is 33.3. The molecule has 0 aromatic heterocycles. The van der Waals surface area contributed by atoms with Crippen molar-refractivity contribution in [2.24, 2.45) is 0 Å². The van der Waals surface area contributed by atoms with E-state index in [1.54, 1.807) is 11.8 Å². The Morgan fingerprint density at radius 1 is 0.907 bits per heavy atom. The fourth-order valence-electron chi connectivity index (χ4n) is 2.33. The Balaban J connectivity index is -0.000000219. The van der Waals surface area contributed by atoms with E-state index in [2.05, 4.69) is 69.9 Å². The molecule has 3 saturated heterocycles. The fraction of sp³-hybridized carbons (Fsp3) is 0.700. The summed E-state index contributed by atoms with van der Waals surface area (Å²) >= 11 is 43.8. The molecule has 3 aliphatic rings. The van der Waals surface area contributed by atoms with Gasteiger partial charge in [-0.05, 0) is 66.0 Å². The number of thiocarbonyl (C=S) groups is 3. The minimum absolute atomic E-state index is 0. The van der Waals surface area contributed by atoms with E-state index in [0.29, 0.717) is 21.7 Å². The third-order valence-corrected chi connectivity index (χ3v) is 8.95. The second-order valence-corrected chi connectivity index (χ2v) is 14.8. The number of thioether (sulfide) groups is 3. The van der Waals surface area contributed by atoms with Crippen LogP contribution in [0.25, 0.3) is 0 Å². The van der Waals surface area contributed by atoms with Crippen LogP contribution in [0.4, 0.5) is 14.4 Å². The Labute approximate surface area is 325 Å². The molecule has 0 saturated carbocycles. The van der Waals surface area contributed by atoms with Gasteiger partial charge in [0.25, 0.3) is 0 Å². The Kier molecular flexibility index (Phi) is 39.6. The van der Waals surface area contributed by atoms with E-state index < -0.39 is 14.8 Å². The molecule has 43 heavy (non-hydrogen) atoms. The van der Waals surface area contributed by atoms with E-state index in [-0.39, 0.29) is 24.6 Å². The Hall–Kier alpha value is 2.18. The number of alkyl halides is 3. The second-order valence-electron chi connectivity index (χ2n) is 6.72. The number of nitrogens with one attached hydrogen (secondary N) is 1. The van der Waals surface area contributed by atoms with Crippen molar-refractivity contribution in [3.8, 4) is 0 Å². The van der Waals surface area contributed by atoms with Crippen molar-refractivity contribution in [1.82, 2.24) is 20.0 Å². The van der Waals surface area contributed by atoms with E-state index in [1.165, 1.54) is 60.1 Å². The molecule has 3 aliphatic heterocycles. The summed E-state index contributed by atoms with van der Waals surface area (Å²) in [6.45, 7) is 12.5. The Bertz CT molecular complexity index is 845. The molecule has 0 spiro atoms. The fourth-order valence-corrected chi connectivity index (χ4v) is 6.38. The first kappa shape index (κ1) is 52.0. The van der Waals surface area contributed by atoms with Crippen LogP contribution in [0.1, 0.15) is 20.8 Å². The number of carbonyl (C=O) groups is 3. The van der Waals surface area contributed by atoms with E-state index in [0.717, 1.165) is 28.1 Å². The summed E-state index contributed by atoms with van der Waals surface area (Å²) in [7, 11) is 6.02. The molecule has 1 N–H and O–H groups in total. The molecule has 3 rings (SSSR count). The van der Waals surface area contributed by atoms with E-state index in [9.17, 15) is 14.4 Å². The van der Waals surface area contributed by atoms with Crippen molar-refractivity contribution in [2.45, 2.75) is 24.7 Å². The van der Waals surface area contributed by atoms with Gasteiger partial charge in [-0.15, -0.1) is 17.9 Å². The van der Waals surface area contributed by atoms with Crippen LogP contribution in [0.3, 0.4) is 0 Å². The quantitative estimate of drug-likeness (QED) is 0.0976. The molecule has 2 atom stereocenters. The van der Waals surface area contributed by atoms with Crippen LogP contribution in [-0.4, -0.2) is 112 Å². The van der Waals surface area contributed by atoms with Crippen molar-refractivity contribution >= 4 is 178 Å². The van der Waals surface area contributed by atoms with Crippen LogP contribution in [0.15, 0.2) is 0 Å². The summed E-state index contributed by atoms with van der Waals surface area (Å²) < 4.78 is 8.47. The van der Waals surface area contributed by atoms with Gasteiger partial charge in [0.2, 0.25) is 0 Å². The molecule has 2 unspecified atom stereocenters. The van der Waals surface area contributed by atoms with Gasteiger partial charge < -0.3 is 19.7 Å². The van der Waals surface area contributed by atoms with Crippen molar-refractivity contribution in [3.63, 3.8) is 0 Å². The smallest absolute Gasteiger partial charge is 0.415 e. The number of nitrogens with zero attached hydrogens (tertiary/aromatic N) is 3. The van der Waals surface area contributed by atoms with Gasteiger partial charge in [-0.25, -0.2) is 9.59 Å². The van der Waals surface area contributed by atoms with Gasteiger partial charge in [0.15, 0.2) is 0 Å². The Morgan fingerprint density at radius 2 is 1.35 bits per heavy atom. The topological polar surface area (TPSA) is 91.4 Å². The van der Waals surface area contributed by atoms with E-state index >= 15 is 0 Å². The molecule has 9 nitrogen and oxygen atoms in total. The van der Waals surface area contributed by atoms with Crippen molar-refractivity contribution in [2.75, 3.05) is 63.6 Å². The largest absolute Gasteiger partial charge is 0.452 e. The van der Waals surface area contributed by atoms with Crippen LogP contribution in [0.5, 0.6) is 0 Å². The van der Waals surface area contributed by atoms with E-state index in [1.807, 2.05) is 0 Å². The average Bonchev–Trinajstić information content (AvgIpc) is 3.69. The average molecular weight is 894 g/mol. The van der Waals surface area contributed by atoms with Gasteiger partial charge in [-0.1, -0.05) is 92.7 Å². The first-order valence-electron chi connectivity index (χ1n) is 11.7. The van der Waals surface area contributed by atoms with Crippen molar-refractivity contribution in [1.29, 1.82) is 0 Å². The molecule has 0 aromatic carbocycles.